The summed E-state index contributed by atoms with van der Waals surface area (Å²) < 4.78 is 10.2. The second kappa shape index (κ2) is 3.85. The molecule has 0 fully saturated rings. The van der Waals surface area contributed by atoms with E-state index in [0.717, 1.165) is 32.2 Å². The lowest BCUT2D eigenvalue weighted by Crippen LogP contribution is -2.27. The lowest BCUT2D eigenvalue weighted by atomic mass is 10.1. The number of aryl methyl sites for hydroxylation is 1. The zero-order valence-electron chi connectivity index (χ0n) is 11.1. The maximum absolute atomic E-state index is 12.5. The normalized spacial score (nSPS) is 17.6. The molecule has 0 amide bonds. The summed E-state index contributed by atoms with van der Waals surface area (Å²) in [6, 6.07) is 3.84. The third-order valence-electron chi connectivity index (χ3n) is 3.90. The standard InChI is InChI=1S/C14H12BrN3O2/c1-7-6-20-13-8(15)3-4-9-11(13)12-10(5-16-9)17(2)14(19)18(7)12/h3-5,7H,6H2,1-2H3/t7-/m0/s1. The Kier molecular flexibility index (Phi) is 2.30. The van der Waals surface area contributed by atoms with Crippen LogP contribution in [0.5, 0.6) is 5.75 Å². The van der Waals surface area contributed by atoms with E-state index in [-0.39, 0.29) is 11.7 Å². The first-order chi connectivity index (χ1) is 9.59. The summed E-state index contributed by atoms with van der Waals surface area (Å²) in [7, 11) is 1.78. The molecule has 3 aromatic rings. The number of benzene rings is 1. The van der Waals surface area contributed by atoms with Crippen molar-refractivity contribution in [2.45, 2.75) is 13.0 Å². The van der Waals surface area contributed by atoms with E-state index in [1.165, 1.54) is 0 Å². The highest BCUT2D eigenvalue weighted by atomic mass is 79.9. The van der Waals surface area contributed by atoms with Crippen LogP contribution in [0, 0.1) is 0 Å². The number of pyridine rings is 1. The first kappa shape index (κ1) is 12.0. The van der Waals surface area contributed by atoms with Crippen LogP contribution in [0.3, 0.4) is 0 Å². The maximum Gasteiger partial charge on any atom is 0.329 e. The summed E-state index contributed by atoms with van der Waals surface area (Å²) in [5.41, 5.74) is 2.55. The van der Waals surface area contributed by atoms with Crippen LogP contribution in [0.15, 0.2) is 27.6 Å². The SMILES string of the molecule is C[C@H]1COc2c(Br)ccc3ncc4c(c23)n1c(=O)n4C. The number of halogens is 1. The molecule has 0 spiro atoms. The van der Waals surface area contributed by atoms with Gasteiger partial charge in [-0.2, -0.15) is 0 Å². The number of aromatic nitrogens is 3. The monoisotopic (exact) mass is 333 g/mol. The maximum atomic E-state index is 12.5. The van der Waals surface area contributed by atoms with Crippen LogP contribution < -0.4 is 10.4 Å². The molecule has 102 valence electrons. The minimum atomic E-state index is -0.0294. The predicted octanol–water partition coefficient (Wildman–Crippen LogP) is 2.60. The van der Waals surface area contributed by atoms with E-state index < -0.39 is 0 Å². The van der Waals surface area contributed by atoms with Crippen molar-refractivity contribution in [1.29, 1.82) is 0 Å². The van der Waals surface area contributed by atoms with Gasteiger partial charge in [-0.1, -0.05) is 0 Å². The zero-order chi connectivity index (χ0) is 14.0. The van der Waals surface area contributed by atoms with E-state index >= 15 is 0 Å². The van der Waals surface area contributed by atoms with Gasteiger partial charge in [-0.05, 0) is 35.0 Å². The quantitative estimate of drug-likeness (QED) is 0.635. The Morgan fingerprint density at radius 1 is 1.45 bits per heavy atom. The van der Waals surface area contributed by atoms with Crippen molar-refractivity contribution in [2.75, 3.05) is 6.61 Å². The van der Waals surface area contributed by atoms with Gasteiger partial charge in [0.05, 0.1) is 38.6 Å². The average molecular weight is 334 g/mol. The van der Waals surface area contributed by atoms with E-state index in [9.17, 15) is 4.79 Å². The summed E-state index contributed by atoms with van der Waals surface area (Å²) in [6.07, 6.45) is 1.76. The van der Waals surface area contributed by atoms with Crippen LogP contribution in [0.4, 0.5) is 0 Å². The molecule has 3 heterocycles. The van der Waals surface area contributed by atoms with Crippen LogP contribution in [0.25, 0.3) is 21.9 Å². The first-order valence-electron chi connectivity index (χ1n) is 6.40. The Bertz CT molecular complexity index is 926. The fraction of sp³-hybridized carbons (Fsp3) is 0.286. The van der Waals surface area contributed by atoms with Crippen molar-refractivity contribution < 1.29 is 4.74 Å². The number of ether oxygens (including phenoxy) is 1. The van der Waals surface area contributed by atoms with E-state index in [4.69, 9.17) is 4.74 Å². The highest BCUT2D eigenvalue weighted by Crippen LogP contribution is 2.39. The van der Waals surface area contributed by atoms with Crippen molar-refractivity contribution in [1.82, 2.24) is 14.1 Å². The lowest BCUT2D eigenvalue weighted by molar-refractivity contribution is 0.266. The fourth-order valence-electron chi connectivity index (χ4n) is 2.88. The molecule has 0 radical (unpaired) electrons. The third kappa shape index (κ3) is 1.32. The molecule has 0 bridgehead atoms. The minimum Gasteiger partial charge on any atom is -0.489 e. The first-order valence-corrected chi connectivity index (χ1v) is 7.20. The Morgan fingerprint density at radius 3 is 3.05 bits per heavy atom. The Hall–Kier alpha value is -1.82. The molecule has 5 nitrogen and oxygen atoms in total. The van der Waals surface area contributed by atoms with Crippen LogP contribution in [0.1, 0.15) is 13.0 Å². The van der Waals surface area contributed by atoms with Gasteiger partial charge >= 0.3 is 5.69 Å². The molecule has 1 atom stereocenters. The van der Waals surface area contributed by atoms with E-state index in [0.29, 0.717) is 6.61 Å². The summed E-state index contributed by atoms with van der Waals surface area (Å²) in [6.45, 7) is 2.46. The van der Waals surface area contributed by atoms with Crippen molar-refractivity contribution in [3.63, 3.8) is 0 Å². The second-order valence-electron chi connectivity index (χ2n) is 5.13. The molecule has 1 aliphatic heterocycles. The Labute approximate surface area is 122 Å². The molecule has 0 saturated heterocycles. The van der Waals surface area contributed by atoms with Crippen molar-refractivity contribution in [3.8, 4) is 5.75 Å². The number of hydrogen-bond donors (Lipinski definition) is 0. The van der Waals surface area contributed by atoms with Gasteiger partial charge in [0.15, 0.2) is 0 Å². The van der Waals surface area contributed by atoms with Gasteiger partial charge < -0.3 is 4.74 Å². The number of hydrogen-bond acceptors (Lipinski definition) is 3. The van der Waals surface area contributed by atoms with Crippen LogP contribution in [-0.2, 0) is 7.05 Å². The fourth-order valence-corrected chi connectivity index (χ4v) is 3.33. The molecule has 0 N–H and O–H groups in total. The molecule has 1 aromatic carbocycles. The molecule has 2 aromatic heterocycles. The highest BCUT2D eigenvalue weighted by molar-refractivity contribution is 9.10. The average Bonchev–Trinajstić information content (AvgIpc) is 2.59. The van der Waals surface area contributed by atoms with Crippen molar-refractivity contribution >= 4 is 37.9 Å². The number of rotatable bonds is 0. The molecule has 1 aliphatic rings. The lowest BCUT2D eigenvalue weighted by Gasteiger charge is -2.11. The molecule has 0 unspecified atom stereocenters. The Morgan fingerprint density at radius 2 is 2.25 bits per heavy atom. The largest absolute Gasteiger partial charge is 0.489 e. The molecule has 6 heteroatoms. The zero-order valence-corrected chi connectivity index (χ0v) is 12.6. The highest BCUT2D eigenvalue weighted by Gasteiger charge is 2.25. The number of imidazole rings is 1. The van der Waals surface area contributed by atoms with Gasteiger partial charge in [-0.25, -0.2) is 4.79 Å². The van der Waals surface area contributed by atoms with Gasteiger partial charge in [-0.15, -0.1) is 0 Å². The number of nitrogens with zero attached hydrogens (tertiary/aromatic N) is 3. The van der Waals surface area contributed by atoms with Gasteiger partial charge in [0.25, 0.3) is 0 Å². The molecular formula is C14H12BrN3O2. The second-order valence-corrected chi connectivity index (χ2v) is 5.99. The van der Waals surface area contributed by atoms with Crippen LogP contribution >= 0.6 is 15.9 Å². The summed E-state index contributed by atoms with van der Waals surface area (Å²) in [5.74, 6) is 0.768. The van der Waals surface area contributed by atoms with E-state index in [2.05, 4.69) is 20.9 Å². The molecule has 20 heavy (non-hydrogen) atoms. The summed E-state index contributed by atoms with van der Waals surface area (Å²) in [4.78, 5) is 16.9. The van der Waals surface area contributed by atoms with Crippen molar-refractivity contribution in [3.05, 3.63) is 33.3 Å². The molecular weight excluding hydrogens is 322 g/mol. The van der Waals surface area contributed by atoms with Crippen molar-refractivity contribution in [2.24, 2.45) is 7.05 Å². The van der Waals surface area contributed by atoms with E-state index in [1.54, 1.807) is 17.8 Å². The molecule has 0 aliphatic carbocycles. The molecule has 4 rings (SSSR count). The molecule has 0 saturated carbocycles. The smallest absolute Gasteiger partial charge is 0.329 e. The Balaban J connectivity index is 2.39. The van der Waals surface area contributed by atoms with Crippen LogP contribution in [-0.4, -0.2) is 20.7 Å². The predicted molar refractivity (Wildman–Crippen MR) is 80.4 cm³/mol. The summed E-state index contributed by atoms with van der Waals surface area (Å²) in [5, 5.41) is 0.902. The van der Waals surface area contributed by atoms with Gasteiger partial charge in [0.1, 0.15) is 12.4 Å². The van der Waals surface area contributed by atoms with Crippen LogP contribution in [0.2, 0.25) is 0 Å². The topological polar surface area (TPSA) is 49.1 Å². The summed E-state index contributed by atoms with van der Waals surface area (Å²) >= 11 is 3.53. The third-order valence-corrected chi connectivity index (χ3v) is 4.52. The van der Waals surface area contributed by atoms with Gasteiger partial charge in [-0.3, -0.25) is 14.1 Å². The van der Waals surface area contributed by atoms with E-state index in [1.807, 2.05) is 23.6 Å². The minimum absolute atomic E-state index is 0.0175. The van der Waals surface area contributed by atoms with Gasteiger partial charge in [0.2, 0.25) is 0 Å². The van der Waals surface area contributed by atoms with Gasteiger partial charge in [0, 0.05) is 7.05 Å².